The standard InChI is InChI=1S/C9H11ClO5PS2/c1-2-17-8-5-3-4-7(10)9(8)18(12,13)15-6-14-16-11/h3-5,16H,2,6H2,1H3/q+1. The Labute approximate surface area is 116 Å². The summed E-state index contributed by atoms with van der Waals surface area (Å²) in [6, 6.07) is 4.77. The van der Waals surface area contributed by atoms with Crippen LogP contribution in [0.2, 0.25) is 5.02 Å². The largest absolute Gasteiger partial charge is 0.496 e. The van der Waals surface area contributed by atoms with Crippen molar-refractivity contribution in [2.24, 2.45) is 0 Å². The van der Waals surface area contributed by atoms with Crippen molar-refractivity contribution < 1.29 is 21.7 Å². The Kier molecular flexibility index (Phi) is 6.55. The van der Waals surface area contributed by atoms with Crippen LogP contribution in [0.5, 0.6) is 0 Å². The Bertz CT molecular complexity index is 520. The lowest BCUT2D eigenvalue weighted by Gasteiger charge is -2.09. The molecule has 0 fully saturated rings. The van der Waals surface area contributed by atoms with Crippen molar-refractivity contribution in [3.05, 3.63) is 23.2 Å². The third kappa shape index (κ3) is 4.19. The Hall–Kier alpha value is -0.170. The molecule has 1 aromatic rings. The molecule has 100 valence electrons. The lowest BCUT2D eigenvalue weighted by molar-refractivity contribution is 0.139. The van der Waals surface area contributed by atoms with Crippen LogP contribution in [0.15, 0.2) is 28.0 Å². The van der Waals surface area contributed by atoms with Gasteiger partial charge in [0.25, 0.3) is 0 Å². The minimum Gasteiger partial charge on any atom is -0.232 e. The van der Waals surface area contributed by atoms with Crippen LogP contribution >= 0.6 is 32.0 Å². The van der Waals surface area contributed by atoms with Crippen molar-refractivity contribution in [3.8, 4) is 0 Å². The summed E-state index contributed by atoms with van der Waals surface area (Å²) in [7, 11) is -5.11. The van der Waals surface area contributed by atoms with Crippen LogP contribution in [0.1, 0.15) is 6.92 Å². The summed E-state index contributed by atoms with van der Waals surface area (Å²) in [5.41, 5.74) is 0. The number of thioether (sulfide) groups is 1. The van der Waals surface area contributed by atoms with Gasteiger partial charge in [-0.1, -0.05) is 24.6 Å². The molecule has 0 saturated carbocycles. The van der Waals surface area contributed by atoms with E-state index in [1.54, 1.807) is 12.1 Å². The van der Waals surface area contributed by atoms with E-state index in [9.17, 15) is 13.0 Å². The smallest absolute Gasteiger partial charge is 0.232 e. The Morgan fingerprint density at radius 2 is 2.17 bits per heavy atom. The molecule has 0 heterocycles. The molecule has 0 N–H and O–H groups in total. The van der Waals surface area contributed by atoms with Crippen LogP contribution < -0.4 is 0 Å². The van der Waals surface area contributed by atoms with E-state index in [4.69, 9.17) is 11.6 Å². The predicted octanol–water partition coefficient (Wildman–Crippen LogP) is 3.07. The van der Waals surface area contributed by atoms with Crippen molar-refractivity contribution in [1.82, 2.24) is 0 Å². The monoisotopic (exact) mass is 329 g/mol. The van der Waals surface area contributed by atoms with Gasteiger partial charge in [0.1, 0.15) is 4.90 Å². The van der Waals surface area contributed by atoms with E-state index in [1.807, 2.05) is 6.92 Å². The summed E-state index contributed by atoms with van der Waals surface area (Å²) in [5.74, 6) is 0.696. The van der Waals surface area contributed by atoms with Crippen molar-refractivity contribution in [1.29, 1.82) is 0 Å². The molecule has 0 radical (unpaired) electrons. The molecule has 0 aliphatic rings. The van der Waals surface area contributed by atoms with Gasteiger partial charge in [-0.25, -0.2) is 4.18 Å². The predicted molar refractivity (Wildman–Crippen MR) is 71.1 cm³/mol. The van der Waals surface area contributed by atoms with Gasteiger partial charge in [0.2, 0.25) is 6.79 Å². The molecule has 18 heavy (non-hydrogen) atoms. The van der Waals surface area contributed by atoms with Crippen molar-refractivity contribution in [2.45, 2.75) is 16.7 Å². The number of benzene rings is 1. The lowest BCUT2D eigenvalue weighted by atomic mass is 10.4. The highest BCUT2D eigenvalue weighted by Crippen LogP contribution is 2.33. The van der Waals surface area contributed by atoms with Gasteiger partial charge >= 0.3 is 18.8 Å². The van der Waals surface area contributed by atoms with Gasteiger partial charge in [-0.15, -0.1) is 16.3 Å². The van der Waals surface area contributed by atoms with Gasteiger partial charge in [-0.3, -0.25) is 0 Å². The number of rotatable bonds is 7. The molecular formula is C9H11ClO5PS2+. The van der Waals surface area contributed by atoms with E-state index in [2.05, 4.69) is 8.71 Å². The highest BCUT2D eigenvalue weighted by molar-refractivity contribution is 8.00. The molecule has 1 rings (SSSR count). The summed E-state index contributed by atoms with van der Waals surface area (Å²) in [6.07, 6.45) is 0. The second-order valence-electron chi connectivity index (χ2n) is 2.92. The third-order valence-electron chi connectivity index (χ3n) is 1.80. The summed E-state index contributed by atoms with van der Waals surface area (Å²) in [5, 5.41) is 0.0815. The molecule has 0 aliphatic heterocycles. The molecule has 0 bridgehead atoms. The van der Waals surface area contributed by atoms with Gasteiger partial charge < -0.3 is 0 Å². The zero-order valence-corrected chi connectivity index (χ0v) is 12.8. The molecule has 1 aromatic carbocycles. The molecule has 5 nitrogen and oxygen atoms in total. The average molecular weight is 330 g/mol. The van der Waals surface area contributed by atoms with E-state index < -0.39 is 25.6 Å². The zero-order chi connectivity index (χ0) is 13.6. The number of hydrogen-bond donors (Lipinski definition) is 0. The van der Waals surface area contributed by atoms with Gasteiger partial charge in [-0.2, -0.15) is 8.42 Å². The fraction of sp³-hybridized carbons (Fsp3) is 0.333. The van der Waals surface area contributed by atoms with Gasteiger partial charge in [0.15, 0.2) is 0 Å². The summed E-state index contributed by atoms with van der Waals surface area (Å²) < 4.78 is 42.9. The number of hydrogen-bond acceptors (Lipinski definition) is 6. The van der Waals surface area contributed by atoms with Crippen LogP contribution in [-0.4, -0.2) is 21.0 Å². The maximum Gasteiger partial charge on any atom is 0.496 e. The lowest BCUT2D eigenvalue weighted by Crippen LogP contribution is -2.09. The van der Waals surface area contributed by atoms with Crippen LogP contribution in [0.25, 0.3) is 0 Å². The molecule has 0 aromatic heterocycles. The second kappa shape index (κ2) is 7.43. The molecule has 0 saturated heterocycles. The average Bonchev–Trinajstić information content (AvgIpc) is 2.29. The van der Waals surface area contributed by atoms with Crippen LogP contribution in [0, 0.1) is 0 Å². The Balaban J connectivity index is 3.09. The first-order valence-corrected chi connectivity index (χ1v) is 8.41. The molecular weight excluding hydrogens is 319 g/mol. The van der Waals surface area contributed by atoms with Crippen LogP contribution in [0.4, 0.5) is 0 Å². The molecule has 9 heteroatoms. The summed E-state index contributed by atoms with van der Waals surface area (Å²) >= 11 is 7.23. The maximum absolute atomic E-state index is 11.9. The first kappa shape index (κ1) is 15.9. The van der Waals surface area contributed by atoms with Crippen molar-refractivity contribution in [3.63, 3.8) is 0 Å². The Morgan fingerprint density at radius 3 is 2.78 bits per heavy atom. The minimum atomic E-state index is -4.03. The Morgan fingerprint density at radius 1 is 1.44 bits per heavy atom. The van der Waals surface area contributed by atoms with E-state index in [0.29, 0.717) is 10.6 Å². The highest BCUT2D eigenvalue weighted by atomic mass is 35.5. The second-order valence-corrected chi connectivity index (χ2v) is 6.64. The van der Waals surface area contributed by atoms with Crippen LogP contribution in [0.3, 0.4) is 0 Å². The van der Waals surface area contributed by atoms with E-state index in [0.717, 1.165) is 0 Å². The SMILES string of the molecule is CCSc1cccc(Cl)c1S(=O)(=O)OCO[PH+]=O. The van der Waals surface area contributed by atoms with E-state index in [-0.39, 0.29) is 9.92 Å². The third-order valence-corrected chi connectivity index (χ3v) is 4.88. The molecule has 0 spiro atoms. The highest BCUT2D eigenvalue weighted by Gasteiger charge is 2.23. The first-order chi connectivity index (χ1) is 8.53. The normalized spacial score (nSPS) is 11.9. The topological polar surface area (TPSA) is 69.7 Å². The molecule has 1 atom stereocenters. The fourth-order valence-corrected chi connectivity index (χ4v) is 4.00. The maximum atomic E-state index is 11.9. The van der Waals surface area contributed by atoms with E-state index in [1.165, 1.54) is 17.8 Å². The molecule has 1 unspecified atom stereocenters. The summed E-state index contributed by atoms with van der Waals surface area (Å²) in [6.45, 7) is 1.29. The number of halogens is 1. The van der Waals surface area contributed by atoms with Gasteiger partial charge in [-0.05, 0) is 22.5 Å². The van der Waals surface area contributed by atoms with Crippen molar-refractivity contribution in [2.75, 3.05) is 12.5 Å². The van der Waals surface area contributed by atoms with Gasteiger partial charge in [0, 0.05) is 4.90 Å². The summed E-state index contributed by atoms with van der Waals surface area (Å²) in [4.78, 5) is 0.422. The van der Waals surface area contributed by atoms with E-state index >= 15 is 0 Å². The molecule has 0 aliphatic carbocycles. The quantitative estimate of drug-likeness (QED) is 0.252. The zero-order valence-electron chi connectivity index (χ0n) is 9.38. The first-order valence-electron chi connectivity index (χ1n) is 4.82. The van der Waals surface area contributed by atoms with Crippen molar-refractivity contribution >= 4 is 42.2 Å². The van der Waals surface area contributed by atoms with Gasteiger partial charge in [0.05, 0.1) is 5.02 Å². The minimum absolute atomic E-state index is 0.0815. The van der Waals surface area contributed by atoms with Crippen LogP contribution in [-0.2, 0) is 23.4 Å². The fourth-order valence-electron chi connectivity index (χ4n) is 1.17. The molecule has 0 amide bonds.